The van der Waals surface area contributed by atoms with Crippen molar-refractivity contribution < 1.29 is 4.74 Å². The molecule has 1 N–H and O–H groups in total. The van der Waals surface area contributed by atoms with Gasteiger partial charge in [0.2, 0.25) is 0 Å². The van der Waals surface area contributed by atoms with Crippen LogP contribution in [0.2, 0.25) is 0 Å². The number of nitrogens with one attached hydrogen (secondary N) is 1. The van der Waals surface area contributed by atoms with Gasteiger partial charge in [0, 0.05) is 19.6 Å². The fraction of sp³-hybridized carbons (Fsp3) is 0.429. The first-order valence-electron chi connectivity index (χ1n) is 6.03. The zero-order chi connectivity index (χ0) is 11.9. The molecule has 0 bridgehead atoms. The van der Waals surface area contributed by atoms with E-state index in [0.717, 1.165) is 38.4 Å². The number of rotatable bonds is 4. The maximum atomic E-state index is 5.71. The van der Waals surface area contributed by atoms with Crippen LogP contribution in [-0.4, -0.2) is 32.8 Å². The third-order valence-electron chi connectivity index (χ3n) is 2.82. The van der Waals surface area contributed by atoms with E-state index >= 15 is 0 Å². The first-order valence-corrected chi connectivity index (χ1v) is 6.03. The fourth-order valence-electron chi connectivity index (χ4n) is 2.01. The zero-order valence-corrected chi connectivity index (χ0v) is 9.98. The maximum Gasteiger partial charge on any atom is 0.142 e. The molecule has 0 radical (unpaired) electrons. The van der Waals surface area contributed by atoms with Crippen molar-refractivity contribution in [3.8, 4) is 18.1 Å². The van der Waals surface area contributed by atoms with Crippen LogP contribution in [0.4, 0.5) is 5.69 Å². The van der Waals surface area contributed by atoms with Crippen molar-refractivity contribution in [1.82, 2.24) is 5.32 Å². The van der Waals surface area contributed by atoms with Crippen LogP contribution in [0.25, 0.3) is 0 Å². The van der Waals surface area contributed by atoms with Crippen LogP contribution in [0.3, 0.4) is 0 Å². The minimum Gasteiger partial charge on any atom is -0.491 e. The molecule has 2 rings (SSSR count). The average Bonchev–Trinajstić information content (AvgIpc) is 2.57. The molecular formula is C14H18N2O. The van der Waals surface area contributed by atoms with E-state index in [1.165, 1.54) is 5.69 Å². The van der Waals surface area contributed by atoms with Gasteiger partial charge in [0.25, 0.3) is 0 Å². The van der Waals surface area contributed by atoms with Crippen molar-refractivity contribution in [2.24, 2.45) is 0 Å². The molecule has 0 aromatic heterocycles. The van der Waals surface area contributed by atoms with Gasteiger partial charge < -0.3 is 15.0 Å². The summed E-state index contributed by atoms with van der Waals surface area (Å²) in [5.74, 6) is 3.57. The van der Waals surface area contributed by atoms with Crippen LogP contribution in [0, 0.1) is 12.3 Å². The molecule has 3 nitrogen and oxygen atoms in total. The smallest absolute Gasteiger partial charge is 0.142 e. The molecule has 1 heterocycles. The highest BCUT2D eigenvalue weighted by Crippen LogP contribution is 2.29. The second-order valence-electron chi connectivity index (χ2n) is 4.04. The lowest BCUT2D eigenvalue weighted by Gasteiger charge is -2.23. The normalized spacial score (nSPS) is 14.4. The number of benzene rings is 1. The van der Waals surface area contributed by atoms with E-state index in [2.05, 4.69) is 28.3 Å². The van der Waals surface area contributed by atoms with Crippen LogP contribution in [0.1, 0.15) is 6.42 Å². The van der Waals surface area contributed by atoms with E-state index < -0.39 is 0 Å². The van der Waals surface area contributed by atoms with E-state index in [0.29, 0.717) is 6.54 Å². The summed E-state index contributed by atoms with van der Waals surface area (Å²) >= 11 is 0. The number of terminal acetylenes is 1. The predicted octanol–water partition coefficient (Wildman–Crippen LogP) is 1.50. The summed E-state index contributed by atoms with van der Waals surface area (Å²) in [5, 5.41) is 3.21. The lowest BCUT2D eigenvalue weighted by Crippen LogP contribution is -2.32. The van der Waals surface area contributed by atoms with Crippen LogP contribution >= 0.6 is 0 Å². The summed E-state index contributed by atoms with van der Waals surface area (Å²) in [5.41, 5.74) is 1.19. The Labute approximate surface area is 103 Å². The van der Waals surface area contributed by atoms with Crippen molar-refractivity contribution in [2.45, 2.75) is 6.42 Å². The van der Waals surface area contributed by atoms with Gasteiger partial charge in [-0.3, -0.25) is 0 Å². The monoisotopic (exact) mass is 230 g/mol. The van der Waals surface area contributed by atoms with E-state index in [1.54, 1.807) is 0 Å². The van der Waals surface area contributed by atoms with Crippen molar-refractivity contribution in [2.75, 3.05) is 37.7 Å². The van der Waals surface area contributed by atoms with Crippen LogP contribution in [-0.2, 0) is 0 Å². The standard InChI is InChI=1S/C14H18N2O/c1-2-8-15-9-11-16-10-5-12-17-14-7-4-3-6-13(14)16/h1,3-4,6-7,15H,5,8-12H2. The lowest BCUT2D eigenvalue weighted by atomic mass is 10.2. The molecule has 0 spiro atoms. The summed E-state index contributed by atoms with van der Waals surface area (Å²) in [7, 11) is 0. The first-order chi connectivity index (χ1) is 8.42. The molecule has 0 amide bonds. The molecule has 0 saturated heterocycles. The van der Waals surface area contributed by atoms with Crippen molar-refractivity contribution in [3.63, 3.8) is 0 Å². The Balaban J connectivity index is 1.99. The summed E-state index contributed by atoms with van der Waals surface area (Å²) in [6.07, 6.45) is 6.26. The highest BCUT2D eigenvalue weighted by Gasteiger charge is 2.14. The Bertz CT molecular complexity index is 397. The SMILES string of the molecule is C#CCNCCN1CCCOc2ccccc21. The van der Waals surface area contributed by atoms with E-state index in [1.807, 2.05) is 12.1 Å². The van der Waals surface area contributed by atoms with Crippen molar-refractivity contribution >= 4 is 5.69 Å². The largest absolute Gasteiger partial charge is 0.491 e. The molecule has 0 saturated carbocycles. The molecule has 0 fully saturated rings. The van der Waals surface area contributed by atoms with Gasteiger partial charge in [-0.2, -0.15) is 0 Å². The topological polar surface area (TPSA) is 24.5 Å². The molecule has 0 aliphatic carbocycles. The third kappa shape index (κ3) is 3.15. The summed E-state index contributed by atoms with van der Waals surface area (Å²) < 4.78 is 5.71. The minimum absolute atomic E-state index is 0.631. The average molecular weight is 230 g/mol. The number of hydrogen-bond acceptors (Lipinski definition) is 3. The Morgan fingerprint density at radius 2 is 2.29 bits per heavy atom. The molecule has 1 aromatic carbocycles. The highest BCUT2D eigenvalue weighted by atomic mass is 16.5. The summed E-state index contributed by atoms with van der Waals surface area (Å²) in [6, 6.07) is 8.21. The van der Waals surface area contributed by atoms with Gasteiger partial charge in [-0.1, -0.05) is 18.1 Å². The minimum atomic E-state index is 0.631. The van der Waals surface area contributed by atoms with Gasteiger partial charge in [0.05, 0.1) is 18.8 Å². The lowest BCUT2D eigenvalue weighted by molar-refractivity contribution is 0.322. The second-order valence-corrected chi connectivity index (χ2v) is 4.04. The number of hydrogen-bond donors (Lipinski definition) is 1. The van der Waals surface area contributed by atoms with Gasteiger partial charge in [-0.05, 0) is 18.6 Å². The third-order valence-corrected chi connectivity index (χ3v) is 2.82. The van der Waals surface area contributed by atoms with Gasteiger partial charge in [0.15, 0.2) is 0 Å². The summed E-state index contributed by atoms with van der Waals surface area (Å²) in [6.45, 7) is 4.33. The zero-order valence-electron chi connectivity index (χ0n) is 9.98. The molecule has 90 valence electrons. The fourth-order valence-corrected chi connectivity index (χ4v) is 2.01. The second kappa shape index (κ2) is 6.17. The molecule has 1 aliphatic rings. The number of nitrogens with zero attached hydrogens (tertiary/aromatic N) is 1. The van der Waals surface area contributed by atoms with Gasteiger partial charge >= 0.3 is 0 Å². The number of ether oxygens (including phenoxy) is 1. The predicted molar refractivity (Wildman–Crippen MR) is 70.5 cm³/mol. The van der Waals surface area contributed by atoms with Crippen LogP contribution < -0.4 is 15.0 Å². The molecule has 1 aliphatic heterocycles. The van der Waals surface area contributed by atoms with Gasteiger partial charge in [-0.15, -0.1) is 6.42 Å². The Hall–Kier alpha value is -1.66. The van der Waals surface area contributed by atoms with E-state index in [4.69, 9.17) is 11.2 Å². The molecule has 17 heavy (non-hydrogen) atoms. The quantitative estimate of drug-likeness (QED) is 0.626. The molecule has 1 aromatic rings. The Morgan fingerprint density at radius 3 is 3.18 bits per heavy atom. The van der Waals surface area contributed by atoms with Crippen LogP contribution in [0.15, 0.2) is 24.3 Å². The van der Waals surface area contributed by atoms with Gasteiger partial charge in [-0.25, -0.2) is 0 Å². The Kier molecular flexibility index (Phi) is 4.29. The number of para-hydroxylation sites is 2. The first kappa shape index (κ1) is 11.8. The number of anilines is 1. The van der Waals surface area contributed by atoms with E-state index in [9.17, 15) is 0 Å². The molecule has 0 unspecified atom stereocenters. The van der Waals surface area contributed by atoms with Crippen molar-refractivity contribution in [3.05, 3.63) is 24.3 Å². The molecule has 3 heteroatoms. The number of fused-ring (bicyclic) bond motifs is 1. The summed E-state index contributed by atoms with van der Waals surface area (Å²) in [4.78, 5) is 2.35. The van der Waals surface area contributed by atoms with Crippen LogP contribution in [0.5, 0.6) is 5.75 Å². The highest BCUT2D eigenvalue weighted by molar-refractivity contribution is 5.58. The van der Waals surface area contributed by atoms with Crippen molar-refractivity contribution in [1.29, 1.82) is 0 Å². The molecule has 0 atom stereocenters. The van der Waals surface area contributed by atoms with Gasteiger partial charge in [0.1, 0.15) is 5.75 Å². The van der Waals surface area contributed by atoms with E-state index in [-0.39, 0.29) is 0 Å². The molecular weight excluding hydrogens is 212 g/mol. The maximum absolute atomic E-state index is 5.71. The Morgan fingerprint density at radius 1 is 1.41 bits per heavy atom.